The summed E-state index contributed by atoms with van der Waals surface area (Å²) in [7, 11) is 0. The van der Waals surface area contributed by atoms with Crippen molar-refractivity contribution in [1.29, 1.82) is 0 Å². The first-order valence-corrected chi connectivity index (χ1v) is 8.35. The lowest BCUT2D eigenvalue weighted by molar-refractivity contribution is -0.115. The lowest BCUT2D eigenvalue weighted by Crippen LogP contribution is -2.16. The van der Waals surface area contributed by atoms with Crippen LogP contribution in [0.1, 0.15) is 37.6 Å². The Morgan fingerprint density at radius 1 is 1.04 bits per heavy atom. The number of Topliss-reactive ketones (excluding diaryl/α,β-unsaturated/α-hetero) is 1. The minimum atomic E-state index is -0.0762. The van der Waals surface area contributed by atoms with Crippen LogP contribution in [0.25, 0.3) is 0 Å². The molecular formula is C20H24N2O3. The number of amides is 1. The molecule has 0 radical (unpaired) electrons. The van der Waals surface area contributed by atoms with Crippen LogP contribution >= 0.6 is 0 Å². The van der Waals surface area contributed by atoms with Gasteiger partial charge in [-0.1, -0.05) is 12.1 Å². The van der Waals surface area contributed by atoms with Crippen LogP contribution in [-0.4, -0.2) is 24.3 Å². The van der Waals surface area contributed by atoms with Gasteiger partial charge >= 0.3 is 0 Å². The first-order valence-electron chi connectivity index (χ1n) is 8.35. The molecule has 5 nitrogen and oxygen atoms in total. The van der Waals surface area contributed by atoms with Gasteiger partial charge < -0.3 is 15.4 Å². The van der Waals surface area contributed by atoms with Crippen molar-refractivity contribution in [2.24, 2.45) is 0 Å². The van der Waals surface area contributed by atoms with Crippen LogP contribution in [0.2, 0.25) is 0 Å². The Kier molecular flexibility index (Phi) is 6.57. The van der Waals surface area contributed by atoms with Crippen molar-refractivity contribution >= 4 is 23.1 Å². The first kappa shape index (κ1) is 18.5. The summed E-state index contributed by atoms with van der Waals surface area (Å²) in [6.45, 7) is 5.95. The minimum Gasteiger partial charge on any atom is -0.491 e. The molecule has 0 bridgehead atoms. The average Bonchev–Trinajstić information content (AvgIpc) is 2.56. The number of anilines is 2. The maximum absolute atomic E-state index is 12.0. The fraction of sp³-hybridized carbons (Fsp3) is 0.300. The van der Waals surface area contributed by atoms with E-state index in [-0.39, 0.29) is 17.8 Å². The standard InChI is InChI=1S/C20H24N2O3/c1-14(2)25-19-9-7-17(8-10-19)22-20(24)11-12-21-18-6-4-5-16(13-18)15(3)23/h4-10,13-14,21H,11-12H2,1-3H3,(H,22,24). The van der Waals surface area contributed by atoms with Crippen molar-refractivity contribution in [1.82, 2.24) is 0 Å². The number of nitrogens with one attached hydrogen (secondary N) is 2. The third-order valence-corrected chi connectivity index (χ3v) is 3.46. The van der Waals surface area contributed by atoms with Gasteiger partial charge in [-0.15, -0.1) is 0 Å². The lowest BCUT2D eigenvalue weighted by atomic mass is 10.1. The van der Waals surface area contributed by atoms with Crippen LogP contribution in [0.15, 0.2) is 48.5 Å². The van der Waals surface area contributed by atoms with E-state index in [9.17, 15) is 9.59 Å². The zero-order valence-electron chi connectivity index (χ0n) is 14.8. The summed E-state index contributed by atoms with van der Waals surface area (Å²) in [6.07, 6.45) is 0.446. The number of rotatable bonds is 8. The average molecular weight is 340 g/mol. The summed E-state index contributed by atoms with van der Waals surface area (Å²) < 4.78 is 5.57. The SMILES string of the molecule is CC(=O)c1cccc(NCCC(=O)Nc2ccc(OC(C)C)cc2)c1. The Hall–Kier alpha value is -2.82. The normalized spacial score (nSPS) is 10.4. The van der Waals surface area contributed by atoms with Gasteiger partial charge in [0.1, 0.15) is 5.75 Å². The summed E-state index contributed by atoms with van der Waals surface area (Å²) in [5.41, 5.74) is 2.22. The molecule has 0 unspecified atom stereocenters. The second-order valence-corrected chi connectivity index (χ2v) is 6.05. The second kappa shape index (κ2) is 8.87. The van der Waals surface area contributed by atoms with Crippen molar-refractivity contribution in [3.05, 3.63) is 54.1 Å². The molecule has 0 aliphatic heterocycles. The summed E-state index contributed by atoms with van der Waals surface area (Å²) in [4.78, 5) is 23.4. The summed E-state index contributed by atoms with van der Waals surface area (Å²) in [5, 5.41) is 6.00. The van der Waals surface area contributed by atoms with Gasteiger partial charge in [0, 0.05) is 29.9 Å². The smallest absolute Gasteiger partial charge is 0.226 e. The molecule has 0 fully saturated rings. The van der Waals surface area contributed by atoms with Crippen molar-refractivity contribution < 1.29 is 14.3 Å². The molecule has 2 N–H and O–H groups in total. The number of ketones is 1. The van der Waals surface area contributed by atoms with Crippen molar-refractivity contribution in [3.63, 3.8) is 0 Å². The zero-order valence-corrected chi connectivity index (χ0v) is 14.8. The molecule has 2 aromatic carbocycles. The number of ether oxygens (including phenoxy) is 1. The van der Waals surface area contributed by atoms with E-state index in [1.54, 1.807) is 12.1 Å². The quantitative estimate of drug-likeness (QED) is 0.710. The topological polar surface area (TPSA) is 67.4 Å². The molecule has 0 aliphatic carbocycles. The highest BCUT2D eigenvalue weighted by Gasteiger charge is 2.04. The van der Waals surface area contributed by atoms with Crippen LogP contribution < -0.4 is 15.4 Å². The van der Waals surface area contributed by atoms with Gasteiger partial charge in [0.2, 0.25) is 5.91 Å². The Morgan fingerprint density at radius 3 is 2.40 bits per heavy atom. The monoisotopic (exact) mass is 340 g/mol. The molecular weight excluding hydrogens is 316 g/mol. The van der Waals surface area contributed by atoms with Gasteiger partial charge in [0.05, 0.1) is 6.10 Å². The molecule has 132 valence electrons. The van der Waals surface area contributed by atoms with E-state index in [0.29, 0.717) is 18.5 Å². The molecule has 2 rings (SSSR count). The Morgan fingerprint density at radius 2 is 1.76 bits per heavy atom. The van der Waals surface area contributed by atoms with E-state index in [1.165, 1.54) is 6.92 Å². The maximum atomic E-state index is 12.0. The molecule has 1 amide bonds. The molecule has 0 heterocycles. The highest BCUT2D eigenvalue weighted by molar-refractivity contribution is 5.95. The van der Waals surface area contributed by atoms with Gasteiger partial charge in [0.15, 0.2) is 5.78 Å². The van der Waals surface area contributed by atoms with Gasteiger partial charge in [0.25, 0.3) is 0 Å². The van der Waals surface area contributed by atoms with Gasteiger partial charge in [-0.2, -0.15) is 0 Å². The molecule has 0 spiro atoms. The van der Waals surface area contributed by atoms with Crippen LogP contribution in [0, 0.1) is 0 Å². The summed E-state index contributed by atoms with van der Waals surface area (Å²) in [6, 6.07) is 14.6. The molecule has 0 atom stereocenters. The van der Waals surface area contributed by atoms with Crippen molar-refractivity contribution in [2.75, 3.05) is 17.2 Å². The van der Waals surface area contributed by atoms with Gasteiger partial charge in [-0.3, -0.25) is 9.59 Å². The van der Waals surface area contributed by atoms with Crippen LogP contribution in [0.5, 0.6) is 5.75 Å². The van der Waals surface area contributed by atoms with E-state index in [4.69, 9.17) is 4.74 Å². The second-order valence-electron chi connectivity index (χ2n) is 6.05. The van der Waals surface area contributed by atoms with Crippen LogP contribution in [0.3, 0.4) is 0 Å². The highest BCUT2D eigenvalue weighted by atomic mass is 16.5. The van der Waals surface area contributed by atoms with E-state index in [1.807, 2.05) is 50.2 Å². The number of benzene rings is 2. The number of carbonyl (C=O) groups is 2. The lowest BCUT2D eigenvalue weighted by Gasteiger charge is -2.11. The Labute approximate surface area is 148 Å². The molecule has 2 aromatic rings. The number of carbonyl (C=O) groups excluding carboxylic acids is 2. The summed E-state index contributed by atoms with van der Waals surface area (Å²) in [5.74, 6) is 0.721. The first-order chi connectivity index (χ1) is 11.9. The third-order valence-electron chi connectivity index (χ3n) is 3.46. The van der Waals surface area contributed by atoms with Crippen molar-refractivity contribution in [3.8, 4) is 5.75 Å². The van der Waals surface area contributed by atoms with Gasteiger partial charge in [-0.25, -0.2) is 0 Å². The fourth-order valence-electron chi connectivity index (χ4n) is 2.28. The van der Waals surface area contributed by atoms with E-state index < -0.39 is 0 Å². The molecule has 0 saturated carbocycles. The molecule has 25 heavy (non-hydrogen) atoms. The largest absolute Gasteiger partial charge is 0.491 e. The van der Waals surface area contributed by atoms with E-state index >= 15 is 0 Å². The predicted molar refractivity (Wildman–Crippen MR) is 100 cm³/mol. The minimum absolute atomic E-state index is 0.0197. The van der Waals surface area contributed by atoms with Crippen LogP contribution in [-0.2, 0) is 4.79 Å². The van der Waals surface area contributed by atoms with Gasteiger partial charge in [-0.05, 0) is 57.2 Å². The third kappa shape index (κ3) is 6.30. The van der Waals surface area contributed by atoms with Crippen molar-refractivity contribution in [2.45, 2.75) is 33.3 Å². The molecule has 5 heteroatoms. The molecule has 0 aromatic heterocycles. The predicted octanol–water partition coefficient (Wildman–Crippen LogP) is 4.12. The highest BCUT2D eigenvalue weighted by Crippen LogP contribution is 2.17. The van der Waals surface area contributed by atoms with E-state index in [0.717, 1.165) is 17.1 Å². The number of hydrogen-bond donors (Lipinski definition) is 2. The Bertz CT molecular complexity index is 724. The van der Waals surface area contributed by atoms with Crippen LogP contribution in [0.4, 0.5) is 11.4 Å². The molecule has 0 aliphatic rings. The zero-order chi connectivity index (χ0) is 18.2. The maximum Gasteiger partial charge on any atom is 0.226 e. The number of hydrogen-bond acceptors (Lipinski definition) is 4. The van der Waals surface area contributed by atoms with E-state index in [2.05, 4.69) is 10.6 Å². The molecule has 0 saturated heterocycles. The fourth-order valence-corrected chi connectivity index (χ4v) is 2.28. The summed E-state index contributed by atoms with van der Waals surface area (Å²) >= 11 is 0. The Balaban J connectivity index is 1.79.